The van der Waals surface area contributed by atoms with Gasteiger partial charge in [0.2, 0.25) is 0 Å². The lowest BCUT2D eigenvalue weighted by Crippen LogP contribution is -2.14. The van der Waals surface area contributed by atoms with E-state index in [0.717, 1.165) is 11.3 Å². The Morgan fingerprint density at radius 2 is 1.88 bits per heavy atom. The highest BCUT2D eigenvalue weighted by molar-refractivity contribution is 6.10. The monoisotopic (exact) mass is 218 g/mol. The van der Waals surface area contributed by atoms with Crippen LogP contribution >= 0.6 is 0 Å². The second-order valence-electron chi connectivity index (χ2n) is 3.83. The minimum absolute atomic E-state index is 0.212. The Labute approximate surface area is 96.8 Å². The number of carbonyl (C=O) groups is 1. The lowest BCUT2D eigenvalue weighted by Gasteiger charge is -2.10. The molecule has 0 radical (unpaired) electrons. The number of ketones is 1. The average Bonchev–Trinajstić information content (AvgIpc) is 2.28. The molecule has 0 saturated carbocycles. The second kappa shape index (κ2) is 6.05. The van der Waals surface area contributed by atoms with Gasteiger partial charge >= 0.3 is 0 Å². The maximum atomic E-state index is 11.5. The van der Waals surface area contributed by atoms with Crippen molar-refractivity contribution in [1.82, 2.24) is 5.01 Å². The van der Waals surface area contributed by atoms with Gasteiger partial charge in [-0.15, -0.1) is 0 Å². The minimum atomic E-state index is 0.212. The molecule has 0 fully saturated rings. The SMILES string of the molecule is CCC(=O)CC(=NN(C)C)c1ccccc1. The molecule has 0 bridgehead atoms. The predicted octanol–water partition coefficient (Wildman–Crippen LogP) is 2.32. The van der Waals surface area contributed by atoms with E-state index in [1.54, 1.807) is 5.01 Å². The van der Waals surface area contributed by atoms with Crippen molar-refractivity contribution >= 4 is 11.5 Å². The Bertz CT molecular complexity index is 369. The van der Waals surface area contributed by atoms with Gasteiger partial charge in [-0.25, -0.2) is 0 Å². The van der Waals surface area contributed by atoms with Crippen LogP contribution in [0.25, 0.3) is 0 Å². The van der Waals surface area contributed by atoms with Crippen molar-refractivity contribution in [3.63, 3.8) is 0 Å². The predicted molar refractivity (Wildman–Crippen MR) is 66.6 cm³/mol. The van der Waals surface area contributed by atoms with Crippen LogP contribution in [-0.2, 0) is 4.79 Å². The average molecular weight is 218 g/mol. The van der Waals surface area contributed by atoms with Gasteiger partial charge in [-0.05, 0) is 5.56 Å². The number of hydrogen-bond donors (Lipinski definition) is 0. The van der Waals surface area contributed by atoms with Crippen molar-refractivity contribution in [1.29, 1.82) is 0 Å². The van der Waals surface area contributed by atoms with E-state index in [4.69, 9.17) is 0 Å². The third-order valence-corrected chi connectivity index (χ3v) is 2.19. The number of nitrogens with zero attached hydrogens (tertiary/aromatic N) is 2. The Kier molecular flexibility index (Phi) is 4.70. The van der Waals surface area contributed by atoms with Gasteiger partial charge in [0.25, 0.3) is 0 Å². The van der Waals surface area contributed by atoms with Crippen molar-refractivity contribution in [2.24, 2.45) is 5.10 Å². The molecule has 1 rings (SSSR count). The van der Waals surface area contributed by atoms with Crippen LogP contribution in [0.3, 0.4) is 0 Å². The van der Waals surface area contributed by atoms with Gasteiger partial charge in [-0.1, -0.05) is 37.3 Å². The molecule has 0 amide bonds. The van der Waals surface area contributed by atoms with Gasteiger partial charge in [0, 0.05) is 20.5 Å². The van der Waals surface area contributed by atoms with Crippen LogP contribution < -0.4 is 0 Å². The molecule has 3 heteroatoms. The summed E-state index contributed by atoms with van der Waals surface area (Å²) < 4.78 is 0. The summed E-state index contributed by atoms with van der Waals surface area (Å²) in [6, 6.07) is 9.82. The summed E-state index contributed by atoms with van der Waals surface area (Å²) in [7, 11) is 3.72. The summed E-state index contributed by atoms with van der Waals surface area (Å²) in [4.78, 5) is 11.5. The van der Waals surface area contributed by atoms with Gasteiger partial charge in [-0.2, -0.15) is 5.10 Å². The first-order valence-electron chi connectivity index (χ1n) is 5.45. The van der Waals surface area contributed by atoms with Crippen molar-refractivity contribution in [2.75, 3.05) is 14.1 Å². The molecule has 0 aliphatic carbocycles. The van der Waals surface area contributed by atoms with Crippen molar-refractivity contribution < 1.29 is 4.79 Å². The van der Waals surface area contributed by atoms with Crippen LogP contribution in [0.15, 0.2) is 35.4 Å². The molecule has 0 spiro atoms. The summed E-state index contributed by atoms with van der Waals surface area (Å²) in [5.41, 5.74) is 1.84. The van der Waals surface area contributed by atoms with Crippen molar-refractivity contribution in [3.05, 3.63) is 35.9 Å². The van der Waals surface area contributed by atoms with Crippen LogP contribution in [0.4, 0.5) is 0 Å². The lowest BCUT2D eigenvalue weighted by molar-refractivity contribution is -0.117. The van der Waals surface area contributed by atoms with Gasteiger partial charge in [0.15, 0.2) is 0 Å². The Morgan fingerprint density at radius 1 is 1.25 bits per heavy atom. The summed E-state index contributed by atoms with van der Waals surface area (Å²) in [5.74, 6) is 0.212. The highest BCUT2D eigenvalue weighted by atomic mass is 16.1. The molecule has 16 heavy (non-hydrogen) atoms. The number of rotatable bonds is 5. The molecule has 0 aliphatic heterocycles. The first-order chi connectivity index (χ1) is 7.63. The van der Waals surface area contributed by atoms with Crippen molar-refractivity contribution in [2.45, 2.75) is 19.8 Å². The molecule has 0 aromatic heterocycles. The summed E-state index contributed by atoms with van der Waals surface area (Å²) in [6.07, 6.45) is 0.956. The first-order valence-corrected chi connectivity index (χ1v) is 5.45. The van der Waals surface area contributed by atoms with E-state index in [1.807, 2.05) is 51.4 Å². The summed E-state index contributed by atoms with van der Waals surface area (Å²) in [5, 5.41) is 6.09. The normalized spacial score (nSPS) is 11.3. The molecule has 0 saturated heterocycles. The summed E-state index contributed by atoms with van der Waals surface area (Å²) >= 11 is 0. The maximum Gasteiger partial charge on any atom is 0.138 e. The van der Waals surface area contributed by atoms with Gasteiger partial charge < -0.3 is 5.01 Å². The topological polar surface area (TPSA) is 32.7 Å². The molecule has 0 unspecified atom stereocenters. The molecule has 86 valence electrons. The highest BCUT2D eigenvalue weighted by Gasteiger charge is 2.08. The standard InChI is InChI=1S/C13H18N2O/c1-4-12(16)10-13(14-15(2)3)11-8-6-5-7-9-11/h5-9H,4,10H2,1-3H3. The number of hydrogen-bond acceptors (Lipinski definition) is 3. The Morgan fingerprint density at radius 3 is 2.38 bits per heavy atom. The number of Topliss-reactive ketones (excluding diaryl/α,β-unsaturated/α-hetero) is 1. The molecule has 0 atom stereocenters. The maximum absolute atomic E-state index is 11.5. The van der Waals surface area contributed by atoms with E-state index in [-0.39, 0.29) is 5.78 Å². The van der Waals surface area contributed by atoms with E-state index in [9.17, 15) is 4.79 Å². The zero-order valence-electron chi connectivity index (χ0n) is 10.1. The summed E-state index contributed by atoms with van der Waals surface area (Å²) in [6.45, 7) is 1.88. The fourth-order valence-corrected chi connectivity index (χ4v) is 1.38. The zero-order chi connectivity index (χ0) is 12.0. The van der Waals surface area contributed by atoms with Crippen LogP contribution in [0.2, 0.25) is 0 Å². The molecule has 1 aromatic carbocycles. The van der Waals surface area contributed by atoms with Crippen molar-refractivity contribution in [3.8, 4) is 0 Å². The third-order valence-electron chi connectivity index (χ3n) is 2.19. The van der Waals surface area contributed by atoms with E-state index < -0.39 is 0 Å². The fraction of sp³-hybridized carbons (Fsp3) is 0.385. The molecule has 0 N–H and O–H groups in total. The van der Waals surface area contributed by atoms with E-state index >= 15 is 0 Å². The molecule has 3 nitrogen and oxygen atoms in total. The molecular weight excluding hydrogens is 200 g/mol. The zero-order valence-corrected chi connectivity index (χ0v) is 10.1. The fourth-order valence-electron chi connectivity index (χ4n) is 1.38. The molecule has 0 aliphatic rings. The smallest absolute Gasteiger partial charge is 0.138 e. The third kappa shape index (κ3) is 3.85. The quantitative estimate of drug-likeness (QED) is 0.561. The van der Waals surface area contributed by atoms with Crippen LogP contribution in [-0.4, -0.2) is 30.6 Å². The molecule has 1 aromatic rings. The number of carbonyl (C=O) groups excluding carboxylic acids is 1. The van der Waals surface area contributed by atoms with E-state index in [2.05, 4.69) is 5.10 Å². The van der Waals surface area contributed by atoms with E-state index in [0.29, 0.717) is 12.8 Å². The highest BCUT2D eigenvalue weighted by Crippen LogP contribution is 2.07. The lowest BCUT2D eigenvalue weighted by atomic mass is 10.0. The Balaban J connectivity index is 2.93. The van der Waals surface area contributed by atoms with E-state index in [1.165, 1.54) is 0 Å². The van der Waals surface area contributed by atoms with Gasteiger partial charge in [0.05, 0.1) is 12.1 Å². The number of benzene rings is 1. The molecular formula is C13H18N2O. The largest absolute Gasteiger partial charge is 0.303 e. The van der Waals surface area contributed by atoms with Crippen LogP contribution in [0.5, 0.6) is 0 Å². The number of hydrazone groups is 1. The molecule has 0 heterocycles. The first kappa shape index (κ1) is 12.4. The van der Waals surface area contributed by atoms with Crippen LogP contribution in [0, 0.1) is 0 Å². The minimum Gasteiger partial charge on any atom is -0.303 e. The van der Waals surface area contributed by atoms with Gasteiger partial charge in [-0.3, -0.25) is 4.79 Å². The van der Waals surface area contributed by atoms with Crippen LogP contribution in [0.1, 0.15) is 25.3 Å². The second-order valence-corrected chi connectivity index (χ2v) is 3.83. The Hall–Kier alpha value is -1.64. The van der Waals surface area contributed by atoms with Gasteiger partial charge in [0.1, 0.15) is 5.78 Å².